The molecular formula is C18H18BrN3O5. The highest BCUT2D eigenvalue weighted by molar-refractivity contribution is 9.10. The van der Waals surface area contributed by atoms with Crippen molar-refractivity contribution >= 4 is 39.1 Å². The number of rotatable bonds is 7. The number of non-ortho nitro benzene ring substituents is 1. The zero-order valence-corrected chi connectivity index (χ0v) is 16.4. The van der Waals surface area contributed by atoms with E-state index in [-0.39, 0.29) is 24.7 Å². The maximum absolute atomic E-state index is 12.1. The Labute approximate surface area is 164 Å². The van der Waals surface area contributed by atoms with Crippen molar-refractivity contribution in [3.63, 3.8) is 0 Å². The van der Waals surface area contributed by atoms with Crippen LogP contribution < -0.4 is 10.1 Å². The number of likely N-dealkylation sites (N-methyl/N-ethyl adjacent to an activating group) is 1. The average Bonchev–Trinajstić information content (AvgIpc) is 2.62. The van der Waals surface area contributed by atoms with Crippen LogP contribution in [0.4, 0.5) is 11.4 Å². The predicted octanol–water partition coefficient (Wildman–Crippen LogP) is 3.14. The van der Waals surface area contributed by atoms with Crippen LogP contribution in [0.15, 0.2) is 46.9 Å². The number of carbonyl (C=O) groups excluding carboxylic acids is 2. The maximum Gasteiger partial charge on any atom is 0.269 e. The van der Waals surface area contributed by atoms with Crippen molar-refractivity contribution in [3.05, 3.63) is 62.6 Å². The molecule has 0 saturated heterocycles. The van der Waals surface area contributed by atoms with Crippen LogP contribution in [0.5, 0.6) is 5.75 Å². The fourth-order valence-corrected chi connectivity index (χ4v) is 2.66. The Morgan fingerprint density at radius 2 is 1.89 bits per heavy atom. The van der Waals surface area contributed by atoms with Gasteiger partial charge in [0.15, 0.2) is 6.61 Å². The number of aryl methyl sites for hydroxylation is 1. The van der Waals surface area contributed by atoms with Crippen LogP contribution in [0.3, 0.4) is 0 Å². The normalized spacial score (nSPS) is 10.2. The second kappa shape index (κ2) is 9.13. The number of benzene rings is 2. The van der Waals surface area contributed by atoms with E-state index in [0.717, 1.165) is 10.0 Å². The molecule has 2 aromatic carbocycles. The Bertz CT molecular complexity index is 855. The summed E-state index contributed by atoms with van der Waals surface area (Å²) in [7, 11) is 1.50. The van der Waals surface area contributed by atoms with Gasteiger partial charge in [-0.25, -0.2) is 0 Å². The van der Waals surface area contributed by atoms with Crippen LogP contribution in [0.1, 0.15) is 5.56 Å². The number of nitrogens with zero attached hydrogens (tertiary/aromatic N) is 2. The molecule has 0 aliphatic rings. The first-order valence-electron chi connectivity index (χ1n) is 7.93. The fraction of sp³-hybridized carbons (Fsp3) is 0.222. The van der Waals surface area contributed by atoms with Crippen molar-refractivity contribution < 1.29 is 19.2 Å². The molecule has 1 N–H and O–H groups in total. The second-order valence-electron chi connectivity index (χ2n) is 5.80. The number of nitro groups is 1. The van der Waals surface area contributed by atoms with Crippen molar-refractivity contribution in [2.45, 2.75) is 6.92 Å². The summed E-state index contributed by atoms with van der Waals surface area (Å²) < 4.78 is 6.22. The Morgan fingerprint density at radius 1 is 1.22 bits per heavy atom. The first-order valence-corrected chi connectivity index (χ1v) is 8.73. The van der Waals surface area contributed by atoms with E-state index in [0.29, 0.717) is 11.4 Å². The van der Waals surface area contributed by atoms with Crippen LogP contribution in [0, 0.1) is 17.0 Å². The third-order valence-corrected chi connectivity index (χ3v) is 4.17. The highest BCUT2D eigenvalue weighted by Crippen LogP contribution is 2.20. The van der Waals surface area contributed by atoms with Crippen LogP contribution in [-0.2, 0) is 9.59 Å². The van der Waals surface area contributed by atoms with E-state index < -0.39 is 10.8 Å². The lowest BCUT2D eigenvalue weighted by Gasteiger charge is -2.17. The molecule has 0 radical (unpaired) electrons. The number of ether oxygens (including phenoxy) is 1. The fourth-order valence-electron chi connectivity index (χ4n) is 2.18. The molecule has 0 aliphatic carbocycles. The highest BCUT2D eigenvalue weighted by Gasteiger charge is 2.15. The van der Waals surface area contributed by atoms with Gasteiger partial charge in [-0.1, -0.05) is 15.9 Å². The van der Waals surface area contributed by atoms with Crippen LogP contribution in [-0.4, -0.2) is 41.8 Å². The third kappa shape index (κ3) is 6.07. The van der Waals surface area contributed by atoms with Gasteiger partial charge in [-0.05, 0) is 42.8 Å². The monoisotopic (exact) mass is 435 g/mol. The summed E-state index contributed by atoms with van der Waals surface area (Å²) in [6.45, 7) is 1.46. The molecule has 0 saturated carbocycles. The molecule has 0 unspecified atom stereocenters. The summed E-state index contributed by atoms with van der Waals surface area (Å²) in [4.78, 5) is 35.5. The summed E-state index contributed by atoms with van der Waals surface area (Å²) in [5.74, 6) is -0.389. The number of hydrogen-bond donors (Lipinski definition) is 1. The molecule has 0 aromatic heterocycles. The summed E-state index contributed by atoms with van der Waals surface area (Å²) in [6, 6.07) is 10.9. The molecule has 27 heavy (non-hydrogen) atoms. The number of nitro benzene ring substituents is 1. The number of anilines is 1. The summed E-state index contributed by atoms with van der Waals surface area (Å²) in [6.07, 6.45) is 0. The minimum Gasteiger partial charge on any atom is -0.484 e. The van der Waals surface area contributed by atoms with Crippen LogP contribution >= 0.6 is 15.9 Å². The van der Waals surface area contributed by atoms with E-state index in [2.05, 4.69) is 21.2 Å². The largest absolute Gasteiger partial charge is 0.484 e. The molecule has 0 bridgehead atoms. The number of amides is 2. The number of carbonyl (C=O) groups is 2. The van der Waals surface area contributed by atoms with Gasteiger partial charge >= 0.3 is 0 Å². The van der Waals surface area contributed by atoms with Crippen molar-refractivity contribution in [2.75, 3.05) is 25.5 Å². The van der Waals surface area contributed by atoms with Crippen molar-refractivity contribution in [3.8, 4) is 5.75 Å². The zero-order valence-electron chi connectivity index (χ0n) is 14.8. The zero-order chi connectivity index (χ0) is 20.0. The van der Waals surface area contributed by atoms with Gasteiger partial charge in [0.25, 0.3) is 11.6 Å². The molecule has 2 rings (SSSR count). The average molecular weight is 436 g/mol. The van der Waals surface area contributed by atoms with Crippen molar-refractivity contribution in [1.82, 2.24) is 4.90 Å². The number of halogens is 1. The molecule has 2 aromatic rings. The summed E-state index contributed by atoms with van der Waals surface area (Å²) in [5, 5.41) is 13.4. The first-order chi connectivity index (χ1) is 12.8. The maximum atomic E-state index is 12.1. The first kappa shape index (κ1) is 20.4. The SMILES string of the molecule is Cc1cc(Br)ccc1NC(=O)CN(C)C(=O)COc1ccc([N+](=O)[O-])cc1. The Hall–Kier alpha value is -2.94. The Morgan fingerprint density at radius 3 is 2.48 bits per heavy atom. The molecule has 142 valence electrons. The van der Waals surface area contributed by atoms with E-state index in [9.17, 15) is 19.7 Å². The van der Waals surface area contributed by atoms with Crippen molar-refractivity contribution in [2.24, 2.45) is 0 Å². The number of hydrogen-bond acceptors (Lipinski definition) is 5. The van der Waals surface area contributed by atoms with Crippen molar-refractivity contribution in [1.29, 1.82) is 0 Å². The third-order valence-electron chi connectivity index (χ3n) is 3.68. The molecular weight excluding hydrogens is 418 g/mol. The molecule has 0 atom stereocenters. The quantitative estimate of drug-likeness (QED) is 0.531. The lowest BCUT2D eigenvalue weighted by molar-refractivity contribution is -0.384. The molecule has 0 fully saturated rings. The van der Waals surface area contributed by atoms with Gasteiger partial charge in [-0.3, -0.25) is 19.7 Å². The standard InChI is InChI=1S/C18H18BrN3O5/c1-12-9-13(19)3-8-16(12)20-17(23)10-21(2)18(24)11-27-15-6-4-14(5-7-15)22(25)26/h3-9H,10-11H2,1-2H3,(H,20,23). The van der Waals surface area contributed by atoms with Crippen LogP contribution in [0.2, 0.25) is 0 Å². The van der Waals surface area contributed by atoms with E-state index in [4.69, 9.17) is 4.74 Å². The van der Waals surface area contributed by atoms with E-state index >= 15 is 0 Å². The van der Waals surface area contributed by atoms with Gasteiger partial charge in [-0.15, -0.1) is 0 Å². The molecule has 2 amide bonds. The van der Waals surface area contributed by atoms with E-state index in [1.165, 1.54) is 36.2 Å². The Kier molecular flexibility index (Phi) is 6.89. The second-order valence-corrected chi connectivity index (χ2v) is 6.71. The molecule has 9 heteroatoms. The van der Waals surface area contributed by atoms with E-state index in [1.807, 2.05) is 19.1 Å². The summed E-state index contributed by atoms with van der Waals surface area (Å²) >= 11 is 3.36. The highest BCUT2D eigenvalue weighted by atomic mass is 79.9. The lowest BCUT2D eigenvalue weighted by Crippen LogP contribution is -2.37. The molecule has 0 spiro atoms. The number of nitrogens with one attached hydrogen (secondary N) is 1. The molecule has 0 heterocycles. The van der Waals surface area contributed by atoms with Gasteiger partial charge in [-0.2, -0.15) is 0 Å². The van der Waals surface area contributed by atoms with Gasteiger partial charge in [0.05, 0.1) is 11.5 Å². The minimum atomic E-state index is -0.519. The topological polar surface area (TPSA) is 102 Å². The smallest absolute Gasteiger partial charge is 0.269 e. The van der Waals surface area contributed by atoms with Gasteiger partial charge in [0, 0.05) is 29.3 Å². The predicted molar refractivity (Wildman–Crippen MR) is 104 cm³/mol. The molecule has 8 nitrogen and oxygen atoms in total. The van der Waals surface area contributed by atoms with Gasteiger partial charge in [0.2, 0.25) is 5.91 Å². The van der Waals surface area contributed by atoms with Crippen LogP contribution in [0.25, 0.3) is 0 Å². The Balaban J connectivity index is 1.83. The van der Waals surface area contributed by atoms with Gasteiger partial charge < -0.3 is 15.0 Å². The van der Waals surface area contributed by atoms with Gasteiger partial charge in [0.1, 0.15) is 5.75 Å². The van der Waals surface area contributed by atoms with E-state index in [1.54, 1.807) is 6.07 Å². The molecule has 0 aliphatic heterocycles. The minimum absolute atomic E-state index is 0.0642. The lowest BCUT2D eigenvalue weighted by atomic mass is 10.2. The summed E-state index contributed by atoms with van der Waals surface area (Å²) in [5.41, 5.74) is 1.50.